The van der Waals surface area contributed by atoms with Gasteiger partial charge in [-0.3, -0.25) is 0 Å². The highest BCUT2D eigenvalue weighted by Crippen LogP contribution is 2.06. The zero-order chi connectivity index (χ0) is 13.4. The summed E-state index contributed by atoms with van der Waals surface area (Å²) < 4.78 is 0. The fraction of sp³-hybridized carbons (Fsp3) is 0.818. The van der Waals surface area contributed by atoms with E-state index in [0.29, 0.717) is 5.92 Å². The number of hydrogen-bond acceptors (Lipinski definition) is 3. The summed E-state index contributed by atoms with van der Waals surface area (Å²) >= 11 is 0. The predicted octanol–water partition coefficient (Wildman–Crippen LogP) is 0.556. The molecule has 0 aromatic heterocycles. The van der Waals surface area contributed by atoms with E-state index in [4.69, 9.17) is 10.2 Å². The number of urea groups is 1. The first kappa shape index (κ1) is 15.7. The first-order valence-electron chi connectivity index (χ1n) is 5.83. The quantitative estimate of drug-likeness (QED) is 0.527. The number of nitrogens with one attached hydrogen (secondary N) is 2. The third-order valence-electron chi connectivity index (χ3n) is 2.88. The van der Waals surface area contributed by atoms with Gasteiger partial charge in [-0.15, -0.1) is 0 Å². The number of rotatable bonds is 7. The second kappa shape index (κ2) is 7.89. The average molecular weight is 246 g/mol. The number of hydrogen-bond donors (Lipinski definition) is 4. The lowest BCUT2D eigenvalue weighted by Crippen LogP contribution is -2.49. The molecule has 0 aromatic carbocycles. The van der Waals surface area contributed by atoms with Gasteiger partial charge in [0.05, 0.1) is 0 Å². The van der Waals surface area contributed by atoms with Crippen LogP contribution in [0.4, 0.5) is 4.79 Å². The highest BCUT2D eigenvalue weighted by atomic mass is 16.4. The van der Waals surface area contributed by atoms with E-state index in [1.165, 1.54) is 0 Å². The minimum atomic E-state index is -1.15. The molecule has 0 heterocycles. The number of amides is 2. The second-order valence-electron chi connectivity index (χ2n) is 4.20. The van der Waals surface area contributed by atoms with Crippen molar-refractivity contribution in [2.75, 3.05) is 6.61 Å². The van der Waals surface area contributed by atoms with E-state index in [2.05, 4.69) is 10.6 Å². The van der Waals surface area contributed by atoms with Gasteiger partial charge in [0.1, 0.15) is 6.04 Å². The number of aliphatic hydroxyl groups is 1. The molecule has 0 rings (SSSR count). The molecular formula is C11H22N2O4. The third kappa shape index (κ3) is 6.11. The molecule has 0 fully saturated rings. The highest BCUT2D eigenvalue weighted by Gasteiger charge is 2.20. The smallest absolute Gasteiger partial charge is 0.326 e. The van der Waals surface area contributed by atoms with Gasteiger partial charge in [-0.1, -0.05) is 20.3 Å². The number of carbonyl (C=O) groups excluding carboxylic acids is 1. The Hall–Kier alpha value is -1.30. The largest absolute Gasteiger partial charge is 0.480 e. The van der Waals surface area contributed by atoms with Gasteiger partial charge in [0.2, 0.25) is 0 Å². The SMILES string of the molecule is CCC(C)C(C)NC(=O)N[C@@H](CCO)C(=O)O. The molecule has 4 N–H and O–H groups in total. The maximum Gasteiger partial charge on any atom is 0.326 e. The first-order chi connectivity index (χ1) is 7.92. The molecule has 17 heavy (non-hydrogen) atoms. The Morgan fingerprint density at radius 2 is 1.82 bits per heavy atom. The number of carbonyl (C=O) groups is 2. The van der Waals surface area contributed by atoms with Gasteiger partial charge < -0.3 is 20.8 Å². The normalized spacial score (nSPS) is 15.8. The Balaban J connectivity index is 4.18. The number of aliphatic carboxylic acids is 1. The van der Waals surface area contributed by atoms with Gasteiger partial charge >= 0.3 is 12.0 Å². The van der Waals surface area contributed by atoms with E-state index in [9.17, 15) is 9.59 Å². The highest BCUT2D eigenvalue weighted by molar-refractivity contribution is 5.82. The van der Waals surface area contributed by atoms with Crippen LogP contribution in [0.1, 0.15) is 33.6 Å². The summed E-state index contributed by atoms with van der Waals surface area (Å²) in [6.45, 7) is 5.62. The number of carboxylic acids is 1. The summed E-state index contributed by atoms with van der Waals surface area (Å²) in [5.74, 6) is -0.827. The minimum Gasteiger partial charge on any atom is -0.480 e. The Morgan fingerprint density at radius 1 is 1.24 bits per heavy atom. The van der Waals surface area contributed by atoms with Crippen LogP contribution in [-0.2, 0) is 4.79 Å². The minimum absolute atomic E-state index is 0.000462. The molecule has 2 amide bonds. The van der Waals surface area contributed by atoms with E-state index in [1.54, 1.807) is 0 Å². The van der Waals surface area contributed by atoms with Gasteiger partial charge in [0.25, 0.3) is 0 Å². The van der Waals surface area contributed by atoms with Crippen LogP contribution < -0.4 is 10.6 Å². The van der Waals surface area contributed by atoms with Crippen LogP contribution in [0.25, 0.3) is 0 Å². The van der Waals surface area contributed by atoms with Crippen LogP contribution in [0.5, 0.6) is 0 Å². The second-order valence-corrected chi connectivity index (χ2v) is 4.20. The topological polar surface area (TPSA) is 98.7 Å². The van der Waals surface area contributed by atoms with E-state index < -0.39 is 18.0 Å². The van der Waals surface area contributed by atoms with Crippen molar-refractivity contribution in [1.82, 2.24) is 10.6 Å². The fourth-order valence-electron chi connectivity index (χ4n) is 1.29. The van der Waals surface area contributed by atoms with Gasteiger partial charge in [-0.25, -0.2) is 9.59 Å². The Kier molecular flexibility index (Phi) is 7.29. The number of carboxylic acid groups (broad SMARTS) is 1. The standard InChI is InChI=1S/C11H22N2O4/c1-4-7(2)8(3)12-11(17)13-9(5-6-14)10(15)16/h7-9,14H,4-6H2,1-3H3,(H,15,16)(H2,12,13,17)/t7?,8?,9-/m0/s1. The summed E-state index contributed by atoms with van der Waals surface area (Å²) in [5, 5.41) is 22.5. The predicted molar refractivity (Wildman–Crippen MR) is 63.7 cm³/mol. The van der Waals surface area contributed by atoms with Crippen molar-refractivity contribution in [3.8, 4) is 0 Å². The Bertz CT molecular complexity index is 258. The average Bonchev–Trinajstić information content (AvgIpc) is 2.26. The molecule has 2 unspecified atom stereocenters. The third-order valence-corrected chi connectivity index (χ3v) is 2.88. The van der Waals surface area contributed by atoms with Gasteiger partial charge in [-0.2, -0.15) is 0 Å². The lowest BCUT2D eigenvalue weighted by atomic mass is 10.0. The zero-order valence-corrected chi connectivity index (χ0v) is 10.6. The molecule has 6 nitrogen and oxygen atoms in total. The molecule has 0 aliphatic rings. The van der Waals surface area contributed by atoms with Crippen LogP contribution in [0.3, 0.4) is 0 Å². The Labute approximate surface area is 101 Å². The van der Waals surface area contributed by atoms with Crippen molar-refractivity contribution < 1.29 is 19.8 Å². The maximum atomic E-state index is 11.5. The molecule has 0 saturated heterocycles. The molecular weight excluding hydrogens is 224 g/mol. The van der Waals surface area contributed by atoms with Crippen molar-refractivity contribution in [1.29, 1.82) is 0 Å². The molecule has 0 aliphatic heterocycles. The Morgan fingerprint density at radius 3 is 2.24 bits per heavy atom. The molecule has 6 heteroatoms. The monoisotopic (exact) mass is 246 g/mol. The number of aliphatic hydroxyl groups excluding tert-OH is 1. The van der Waals surface area contributed by atoms with Crippen molar-refractivity contribution in [3.63, 3.8) is 0 Å². The lowest BCUT2D eigenvalue weighted by Gasteiger charge is -2.21. The fourth-order valence-corrected chi connectivity index (χ4v) is 1.29. The van der Waals surface area contributed by atoms with Crippen molar-refractivity contribution in [2.45, 2.75) is 45.7 Å². The molecule has 0 bridgehead atoms. The van der Waals surface area contributed by atoms with Crippen molar-refractivity contribution in [2.24, 2.45) is 5.92 Å². The lowest BCUT2D eigenvalue weighted by molar-refractivity contribution is -0.139. The summed E-state index contributed by atoms with van der Waals surface area (Å²) in [5.41, 5.74) is 0. The molecule has 0 spiro atoms. The molecule has 3 atom stereocenters. The molecule has 100 valence electrons. The first-order valence-corrected chi connectivity index (χ1v) is 5.83. The summed E-state index contributed by atoms with van der Waals surface area (Å²) in [6.07, 6.45) is 0.931. The van der Waals surface area contributed by atoms with E-state index in [1.807, 2.05) is 20.8 Å². The molecule has 0 aromatic rings. The van der Waals surface area contributed by atoms with E-state index >= 15 is 0 Å². The molecule has 0 aliphatic carbocycles. The summed E-state index contributed by atoms with van der Waals surface area (Å²) in [4.78, 5) is 22.2. The summed E-state index contributed by atoms with van der Waals surface area (Å²) in [6, 6.07) is -1.59. The van der Waals surface area contributed by atoms with Crippen LogP contribution in [0.15, 0.2) is 0 Å². The van der Waals surface area contributed by atoms with Crippen molar-refractivity contribution in [3.05, 3.63) is 0 Å². The van der Waals surface area contributed by atoms with E-state index in [-0.39, 0.29) is 19.1 Å². The van der Waals surface area contributed by atoms with Gasteiger partial charge in [0, 0.05) is 19.1 Å². The molecule has 0 radical (unpaired) electrons. The zero-order valence-electron chi connectivity index (χ0n) is 10.6. The van der Waals surface area contributed by atoms with Gasteiger partial charge in [0.15, 0.2) is 0 Å². The van der Waals surface area contributed by atoms with Crippen LogP contribution >= 0.6 is 0 Å². The van der Waals surface area contributed by atoms with Crippen molar-refractivity contribution >= 4 is 12.0 Å². The van der Waals surface area contributed by atoms with Crippen LogP contribution in [-0.4, -0.2) is 40.9 Å². The summed E-state index contributed by atoms with van der Waals surface area (Å²) in [7, 11) is 0. The van der Waals surface area contributed by atoms with Crippen LogP contribution in [0, 0.1) is 5.92 Å². The van der Waals surface area contributed by atoms with Gasteiger partial charge in [-0.05, 0) is 12.8 Å². The van der Waals surface area contributed by atoms with E-state index in [0.717, 1.165) is 6.42 Å². The van der Waals surface area contributed by atoms with Crippen LogP contribution in [0.2, 0.25) is 0 Å². The maximum absolute atomic E-state index is 11.5. The molecule has 0 saturated carbocycles.